The van der Waals surface area contributed by atoms with Crippen LogP contribution in [0.5, 0.6) is 0 Å². The highest BCUT2D eigenvalue weighted by Crippen LogP contribution is 2.23. The summed E-state index contributed by atoms with van der Waals surface area (Å²) in [6.07, 6.45) is 2.15. The van der Waals surface area contributed by atoms with Crippen LogP contribution < -0.4 is 10.6 Å². The van der Waals surface area contributed by atoms with Crippen LogP contribution in [0.2, 0.25) is 0 Å². The molecule has 0 saturated heterocycles. The molecule has 1 heterocycles. The van der Waals surface area contributed by atoms with Crippen LogP contribution in [-0.2, 0) is 11.3 Å². The Bertz CT molecular complexity index is 445. The van der Waals surface area contributed by atoms with E-state index in [2.05, 4.69) is 41.8 Å². The average Bonchev–Trinajstić information content (AvgIpc) is 2.45. The maximum absolute atomic E-state index is 12.3. The van der Waals surface area contributed by atoms with Gasteiger partial charge in [-0.05, 0) is 44.6 Å². The number of amides is 1. The first kappa shape index (κ1) is 15.0. The van der Waals surface area contributed by atoms with Crippen molar-refractivity contribution in [2.24, 2.45) is 0 Å². The maximum Gasteiger partial charge on any atom is 0.228 e. The number of fused-ring (bicyclic) bond motifs is 1. The second-order valence-corrected chi connectivity index (χ2v) is 5.68. The highest BCUT2D eigenvalue weighted by atomic mass is 16.1. The SMILES string of the molecule is CN(C)CCCCNC(=O)C1CNCc2ccccc21. The van der Waals surface area contributed by atoms with Crippen LogP contribution in [-0.4, -0.2) is 44.5 Å². The number of nitrogens with zero attached hydrogens (tertiary/aromatic N) is 1. The van der Waals surface area contributed by atoms with Gasteiger partial charge < -0.3 is 15.5 Å². The van der Waals surface area contributed by atoms with E-state index in [0.29, 0.717) is 0 Å². The highest BCUT2D eigenvalue weighted by Gasteiger charge is 2.25. The van der Waals surface area contributed by atoms with Crippen molar-refractivity contribution in [2.75, 3.05) is 33.7 Å². The van der Waals surface area contributed by atoms with E-state index < -0.39 is 0 Å². The zero-order valence-electron chi connectivity index (χ0n) is 12.5. The van der Waals surface area contributed by atoms with Crippen LogP contribution in [0.4, 0.5) is 0 Å². The zero-order valence-corrected chi connectivity index (χ0v) is 12.5. The lowest BCUT2D eigenvalue weighted by molar-refractivity contribution is -0.122. The van der Waals surface area contributed by atoms with E-state index in [0.717, 1.165) is 39.0 Å². The average molecular weight is 275 g/mol. The summed E-state index contributed by atoms with van der Waals surface area (Å²) in [7, 11) is 4.15. The largest absolute Gasteiger partial charge is 0.356 e. The van der Waals surface area contributed by atoms with Crippen LogP contribution in [0.25, 0.3) is 0 Å². The van der Waals surface area contributed by atoms with Gasteiger partial charge in [0, 0.05) is 19.6 Å². The molecule has 0 aromatic heterocycles. The molecule has 4 heteroatoms. The summed E-state index contributed by atoms with van der Waals surface area (Å²) < 4.78 is 0. The molecule has 2 N–H and O–H groups in total. The molecule has 0 saturated carbocycles. The zero-order chi connectivity index (χ0) is 14.4. The van der Waals surface area contributed by atoms with Crippen LogP contribution in [0, 0.1) is 0 Å². The van der Waals surface area contributed by atoms with E-state index in [-0.39, 0.29) is 11.8 Å². The smallest absolute Gasteiger partial charge is 0.228 e. The monoisotopic (exact) mass is 275 g/mol. The van der Waals surface area contributed by atoms with Gasteiger partial charge in [-0.25, -0.2) is 0 Å². The summed E-state index contributed by atoms with van der Waals surface area (Å²) in [5, 5.41) is 6.39. The Labute approximate surface area is 121 Å². The summed E-state index contributed by atoms with van der Waals surface area (Å²) in [4.78, 5) is 14.5. The fourth-order valence-electron chi connectivity index (χ4n) is 2.62. The first-order valence-corrected chi connectivity index (χ1v) is 7.39. The second kappa shape index (κ2) is 7.41. The van der Waals surface area contributed by atoms with Crippen molar-refractivity contribution < 1.29 is 4.79 Å². The van der Waals surface area contributed by atoms with Gasteiger partial charge in [0.1, 0.15) is 0 Å². The number of benzene rings is 1. The first-order valence-electron chi connectivity index (χ1n) is 7.39. The van der Waals surface area contributed by atoms with E-state index >= 15 is 0 Å². The second-order valence-electron chi connectivity index (χ2n) is 5.68. The quantitative estimate of drug-likeness (QED) is 0.770. The van der Waals surface area contributed by atoms with Crippen molar-refractivity contribution in [1.29, 1.82) is 0 Å². The molecule has 1 aliphatic heterocycles. The Morgan fingerprint density at radius 1 is 1.35 bits per heavy atom. The molecular formula is C16H25N3O. The molecule has 0 bridgehead atoms. The molecule has 1 unspecified atom stereocenters. The Kier molecular flexibility index (Phi) is 5.56. The molecule has 1 aromatic carbocycles. The molecule has 1 atom stereocenters. The third-order valence-electron chi connectivity index (χ3n) is 3.74. The number of nitrogens with one attached hydrogen (secondary N) is 2. The molecule has 20 heavy (non-hydrogen) atoms. The van der Waals surface area contributed by atoms with Crippen molar-refractivity contribution in [3.63, 3.8) is 0 Å². The predicted octanol–water partition coefficient (Wildman–Crippen LogP) is 1.33. The number of hydrogen-bond donors (Lipinski definition) is 2. The van der Waals surface area contributed by atoms with E-state index in [1.807, 2.05) is 12.1 Å². The van der Waals surface area contributed by atoms with Crippen molar-refractivity contribution >= 4 is 5.91 Å². The Morgan fingerprint density at radius 2 is 2.15 bits per heavy atom. The van der Waals surface area contributed by atoms with Crippen LogP contribution in [0.3, 0.4) is 0 Å². The number of carbonyl (C=O) groups excluding carboxylic acids is 1. The topological polar surface area (TPSA) is 44.4 Å². The molecule has 0 spiro atoms. The van der Waals surface area contributed by atoms with E-state index in [1.165, 1.54) is 11.1 Å². The third-order valence-corrected chi connectivity index (χ3v) is 3.74. The van der Waals surface area contributed by atoms with Gasteiger partial charge in [0.25, 0.3) is 0 Å². The van der Waals surface area contributed by atoms with Gasteiger partial charge in [-0.2, -0.15) is 0 Å². The summed E-state index contributed by atoms with van der Waals surface area (Å²) in [6, 6.07) is 8.22. The van der Waals surface area contributed by atoms with Crippen LogP contribution in [0.15, 0.2) is 24.3 Å². The van der Waals surface area contributed by atoms with Crippen molar-refractivity contribution in [3.05, 3.63) is 35.4 Å². The van der Waals surface area contributed by atoms with Gasteiger partial charge >= 0.3 is 0 Å². The summed E-state index contributed by atoms with van der Waals surface area (Å²) in [5.41, 5.74) is 2.42. The van der Waals surface area contributed by atoms with Crippen molar-refractivity contribution in [1.82, 2.24) is 15.5 Å². The van der Waals surface area contributed by atoms with Crippen LogP contribution in [0.1, 0.15) is 29.9 Å². The molecule has 110 valence electrons. The standard InChI is InChI=1S/C16H25N3O/c1-19(2)10-6-5-9-18-16(20)15-12-17-11-13-7-3-4-8-14(13)15/h3-4,7-8,15,17H,5-6,9-12H2,1-2H3,(H,18,20). The fraction of sp³-hybridized carbons (Fsp3) is 0.562. The summed E-state index contributed by atoms with van der Waals surface area (Å²) in [6.45, 7) is 3.44. The number of carbonyl (C=O) groups is 1. The highest BCUT2D eigenvalue weighted by molar-refractivity contribution is 5.84. The Balaban J connectivity index is 1.82. The molecule has 1 aromatic rings. The van der Waals surface area contributed by atoms with Crippen molar-refractivity contribution in [3.8, 4) is 0 Å². The number of unbranched alkanes of at least 4 members (excludes halogenated alkanes) is 1. The molecule has 4 nitrogen and oxygen atoms in total. The Hall–Kier alpha value is -1.39. The van der Waals surface area contributed by atoms with Crippen LogP contribution >= 0.6 is 0 Å². The normalized spacial score (nSPS) is 17.9. The van der Waals surface area contributed by atoms with Gasteiger partial charge in [0.15, 0.2) is 0 Å². The summed E-state index contributed by atoms with van der Waals surface area (Å²) in [5.74, 6) is 0.100. The van der Waals surface area contributed by atoms with Gasteiger partial charge in [-0.1, -0.05) is 24.3 Å². The van der Waals surface area contributed by atoms with E-state index in [1.54, 1.807) is 0 Å². The Morgan fingerprint density at radius 3 is 2.95 bits per heavy atom. The molecule has 1 aliphatic rings. The minimum atomic E-state index is -0.0474. The lowest BCUT2D eigenvalue weighted by Gasteiger charge is -2.25. The first-order chi connectivity index (χ1) is 9.68. The molecule has 2 rings (SSSR count). The minimum Gasteiger partial charge on any atom is -0.356 e. The number of rotatable bonds is 6. The molecule has 1 amide bonds. The maximum atomic E-state index is 12.3. The van der Waals surface area contributed by atoms with Gasteiger partial charge in [-0.15, -0.1) is 0 Å². The lowest BCUT2D eigenvalue weighted by atomic mass is 9.90. The van der Waals surface area contributed by atoms with Gasteiger partial charge in [-0.3, -0.25) is 4.79 Å². The predicted molar refractivity (Wildman–Crippen MR) is 81.7 cm³/mol. The molecule has 0 fully saturated rings. The summed E-state index contributed by atoms with van der Waals surface area (Å²) >= 11 is 0. The third kappa shape index (κ3) is 4.05. The van der Waals surface area contributed by atoms with E-state index in [4.69, 9.17) is 0 Å². The number of hydrogen-bond acceptors (Lipinski definition) is 3. The van der Waals surface area contributed by atoms with Crippen molar-refractivity contribution in [2.45, 2.75) is 25.3 Å². The van der Waals surface area contributed by atoms with Gasteiger partial charge in [0.05, 0.1) is 5.92 Å². The molecule has 0 aliphatic carbocycles. The van der Waals surface area contributed by atoms with E-state index in [9.17, 15) is 4.79 Å². The lowest BCUT2D eigenvalue weighted by Crippen LogP contribution is -2.39. The fourth-order valence-corrected chi connectivity index (χ4v) is 2.62. The minimum absolute atomic E-state index is 0.0474. The molecular weight excluding hydrogens is 250 g/mol. The molecule has 0 radical (unpaired) electrons. The van der Waals surface area contributed by atoms with Gasteiger partial charge in [0.2, 0.25) is 5.91 Å².